The molecule has 0 radical (unpaired) electrons. The second kappa shape index (κ2) is 4.76. The Morgan fingerprint density at radius 3 is 2.50 bits per heavy atom. The Kier molecular flexibility index (Phi) is 3.27. The van der Waals surface area contributed by atoms with Crippen molar-refractivity contribution in [2.45, 2.75) is 13.8 Å². The second-order valence-corrected chi connectivity index (χ2v) is 4.50. The Bertz CT molecular complexity index is 719. The van der Waals surface area contributed by atoms with Gasteiger partial charge < -0.3 is 5.11 Å². The van der Waals surface area contributed by atoms with E-state index in [1.807, 2.05) is 0 Å². The lowest BCUT2D eigenvalue weighted by Crippen LogP contribution is -2.04. The minimum absolute atomic E-state index is 0.0475. The summed E-state index contributed by atoms with van der Waals surface area (Å²) in [6, 6.07) is 4.09. The molecule has 7 nitrogen and oxygen atoms in total. The van der Waals surface area contributed by atoms with Crippen LogP contribution in [0.15, 0.2) is 18.2 Å². The summed E-state index contributed by atoms with van der Waals surface area (Å²) >= 11 is 0. The summed E-state index contributed by atoms with van der Waals surface area (Å²) in [6.07, 6.45) is 0. The predicted molar refractivity (Wildman–Crippen MR) is 70.9 cm³/mol. The van der Waals surface area contributed by atoms with Crippen LogP contribution in [0.25, 0.3) is 0 Å². The third-order valence-electron chi connectivity index (χ3n) is 3.07. The van der Waals surface area contributed by atoms with Gasteiger partial charge in [0.15, 0.2) is 5.78 Å². The highest BCUT2D eigenvalue weighted by Crippen LogP contribution is 2.25. The summed E-state index contributed by atoms with van der Waals surface area (Å²) in [4.78, 5) is 22.6. The third kappa shape index (κ3) is 2.13. The van der Waals surface area contributed by atoms with Crippen molar-refractivity contribution >= 4 is 11.5 Å². The van der Waals surface area contributed by atoms with Crippen molar-refractivity contribution in [3.8, 4) is 5.88 Å². The molecule has 0 spiro atoms. The molecular weight excluding hydrogens is 262 g/mol. The van der Waals surface area contributed by atoms with E-state index in [-0.39, 0.29) is 22.7 Å². The number of nitro benzene ring substituents is 1. The summed E-state index contributed by atoms with van der Waals surface area (Å²) in [7, 11) is 1.53. The monoisotopic (exact) mass is 275 g/mol. The molecule has 1 aromatic heterocycles. The van der Waals surface area contributed by atoms with Crippen molar-refractivity contribution in [1.29, 1.82) is 0 Å². The molecule has 0 bridgehead atoms. The molecule has 0 aliphatic carbocycles. The molecule has 2 rings (SSSR count). The maximum absolute atomic E-state index is 12.4. The van der Waals surface area contributed by atoms with Crippen LogP contribution in [0.2, 0.25) is 0 Å². The van der Waals surface area contributed by atoms with Gasteiger partial charge >= 0.3 is 0 Å². The van der Waals surface area contributed by atoms with Gasteiger partial charge in [-0.3, -0.25) is 14.9 Å². The number of aromatic nitrogens is 2. The standard InChI is InChI=1S/C13H13N3O4/c1-7-6-9(4-5-10(7)16(19)20)12(17)11-8(2)14-15(3)13(11)18/h4-6,18H,1-3H3. The number of benzene rings is 1. The van der Waals surface area contributed by atoms with Crippen LogP contribution in [0.3, 0.4) is 0 Å². The third-order valence-corrected chi connectivity index (χ3v) is 3.07. The Morgan fingerprint density at radius 2 is 2.05 bits per heavy atom. The van der Waals surface area contributed by atoms with Gasteiger partial charge in [-0.1, -0.05) is 0 Å². The predicted octanol–water partition coefficient (Wildman–Crippen LogP) is 1.88. The topological polar surface area (TPSA) is 98.3 Å². The number of hydrogen-bond donors (Lipinski definition) is 1. The van der Waals surface area contributed by atoms with Crippen LogP contribution in [-0.2, 0) is 7.05 Å². The van der Waals surface area contributed by atoms with E-state index in [0.29, 0.717) is 11.3 Å². The quantitative estimate of drug-likeness (QED) is 0.524. The Balaban J connectivity index is 2.49. The number of carbonyl (C=O) groups is 1. The molecule has 0 saturated carbocycles. The van der Waals surface area contributed by atoms with Crippen LogP contribution in [0.4, 0.5) is 5.69 Å². The molecule has 1 aromatic carbocycles. The zero-order valence-corrected chi connectivity index (χ0v) is 11.2. The molecule has 0 atom stereocenters. The average Bonchev–Trinajstić information content (AvgIpc) is 2.62. The van der Waals surface area contributed by atoms with Crippen molar-refractivity contribution in [3.05, 3.63) is 50.7 Å². The molecule has 20 heavy (non-hydrogen) atoms. The van der Waals surface area contributed by atoms with Crippen LogP contribution < -0.4 is 0 Å². The van der Waals surface area contributed by atoms with E-state index in [9.17, 15) is 20.0 Å². The van der Waals surface area contributed by atoms with Gasteiger partial charge in [-0.2, -0.15) is 5.10 Å². The van der Waals surface area contributed by atoms with Crippen molar-refractivity contribution in [2.24, 2.45) is 7.05 Å². The van der Waals surface area contributed by atoms with E-state index in [2.05, 4.69) is 5.10 Å². The lowest BCUT2D eigenvalue weighted by molar-refractivity contribution is -0.385. The normalized spacial score (nSPS) is 10.6. The first-order valence-electron chi connectivity index (χ1n) is 5.85. The number of ketones is 1. The lowest BCUT2D eigenvalue weighted by atomic mass is 10.0. The van der Waals surface area contributed by atoms with Crippen molar-refractivity contribution < 1.29 is 14.8 Å². The molecular formula is C13H13N3O4. The highest BCUT2D eigenvalue weighted by molar-refractivity contribution is 6.11. The minimum atomic E-state index is -0.504. The maximum Gasteiger partial charge on any atom is 0.272 e. The Hall–Kier alpha value is -2.70. The van der Waals surface area contributed by atoms with Crippen LogP contribution in [0, 0.1) is 24.0 Å². The van der Waals surface area contributed by atoms with Gasteiger partial charge in [0.2, 0.25) is 5.88 Å². The van der Waals surface area contributed by atoms with Gasteiger partial charge in [0, 0.05) is 24.2 Å². The molecule has 104 valence electrons. The molecule has 0 amide bonds. The van der Waals surface area contributed by atoms with Crippen LogP contribution in [0.1, 0.15) is 27.2 Å². The summed E-state index contributed by atoms with van der Waals surface area (Å²) in [5.74, 6) is -0.630. The van der Waals surface area contributed by atoms with Crippen LogP contribution >= 0.6 is 0 Å². The highest BCUT2D eigenvalue weighted by Gasteiger charge is 2.22. The summed E-state index contributed by atoms with van der Waals surface area (Å²) in [5, 5.41) is 24.5. The molecule has 0 aliphatic heterocycles. The highest BCUT2D eigenvalue weighted by atomic mass is 16.6. The number of aromatic hydroxyl groups is 1. The van der Waals surface area contributed by atoms with Gasteiger partial charge in [-0.25, -0.2) is 4.68 Å². The molecule has 0 saturated heterocycles. The van der Waals surface area contributed by atoms with Gasteiger partial charge in [-0.05, 0) is 26.0 Å². The van der Waals surface area contributed by atoms with E-state index in [0.717, 1.165) is 0 Å². The van der Waals surface area contributed by atoms with Crippen LogP contribution in [0.5, 0.6) is 5.88 Å². The van der Waals surface area contributed by atoms with E-state index in [1.54, 1.807) is 13.8 Å². The second-order valence-electron chi connectivity index (χ2n) is 4.50. The van der Waals surface area contributed by atoms with Gasteiger partial charge in [0.05, 0.1) is 10.6 Å². The van der Waals surface area contributed by atoms with Gasteiger partial charge in [0.25, 0.3) is 5.69 Å². The average molecular weight is 275 g/mol. The fraction of sp³-hybridized carbons (Fsp3) is 0.231. The first-order valence-corrected chi connectivity index (χ1v) is 5.85. The molecule has 0 fully saturated rings. The maximum atomic E-state index is 12.4. The SMILES string of the molecule is Cc1cc(C(=O)c2c(C)nn(C)c2O)ccc1[N+](=O)[O-]. The number of aryl methyl sites for hydroxylation is 3. The summed E-state index contributed by atoms with van der Waals surface area (Å²) in [5.41, 5.74) is 1.14. The lowest BCUT2D eigenvalue weighted by Gasteiger charge is -2.03. The molecule has 0 aliphatic rings. The fourth-order valence-corrected chi connectivity index (χ4v) is 2.06. The number of carbonyl (C=O) groups excluding carboxylic acids is 1. The van der Waals surface area contributed by atoms with Crippen LogP contribution in [-0.4, -0.2) is 25.6 Å². The number of nitro groups is 1. The Morgan fingerprint density at radius 1 is 1.40 bits per heavy atom. The first kappa shape index (κ1) is 13.7. The van der Waals surface area contributed by atoms with Crippen molar-refractivity contribution in [1.82, 2.24) is 9.78 Å². The minimum Gasteiger partial charge on any atom is -0.493 e. The van der Waals surface area contributed by atoms with E-state index in [4.69, 9.17) is 0 Å². The molecule has 1 N–H and O–H groups in total. The number of hydrogen-bond acceptors (Lipinski definition) is 5. The summed E-state index contributed by atoms with van der Waals surface area (Å²) < 4.78 is 1.21. The van der Waals surface area contributed by atoms with Gasteiger partial charge in [0.1, 0.15) is 5.56 Å². The largest absolute Gasteiger partial charge is 0.493 e. The molecule has 2 aromatic rings. The number of rotatable bonds is 3. The molecule has 1 heterocycles. The smallest absolute Gasteiger partial charge is 0.272 e. The van der Waals surface area contributed by atoms with Crippen molar-refractivity contribution in [2.75, 3.05) is 0 Å². The zero-order chi connectivity index (χ0) is 15.0. The Labute approximate surface area is 114 Å². The number of nitrogens with zero attached hydrogens (tertiary/aromatic N) is 3. The molecule has 7 heteroatoms. The van der Waals surface area contributed by atoms with Crippen molar-refractivity contribution in [3.63, 3.8) is 0 Å². The van der Waals surface area contributed by atoms with Gasteiger partial charge in [-0.15, -0.1) is 0 Å². The van der Waals surface area contributed by atoms with E-state index >= 15 is 0 Å². The zero-order valence-electron chi connectivity index (χ0n) is 11.2. The van der Waals surface area contributed by atoms with E-state index in [1.165, 1.54) is 29.9 Å². The first-order chi connectivity index (χ1) is 9.32. The summed E-state index contributed by atoms with van der Waals surface area (Å²) in [6.45, 7) is 3.18. The fourth-order valence-electron chi connectivity index (χ4n) is 2.06. The van der Waals surface area contributed by atoms with E-state index < -0.39 is 10.7 Å². The molecule has 0 unspecified atom stereocenters.